The molecule has 2 aromatic rings. The molecule has 0 aliphatic carbocycles. The van der Waals surface area contributed by atoms with Crippen LogP contribution < -0.4 is 9.47 Å². The summed E-state index contributed by atoms with van der Waals surface area (Å²) in [6, 6.07) is 17.8. The lowest BCUT2D eigenvalue weighted by Gasteiger charge is -2.21. The normalized spacial score (nSPS) is 10.6. The van der Waals surface area contributed by atoms with Gasteiger partial charge in [0.1, 0.15) is 11.5 Å². The quantitative estimate of drug-likeness (QED) is 0.542. The van der Waals surface area contributed by atoms with Gasteiger partial charge in [-0.1, -0.05) is 36.4 Å². The zero-order chi connectivity index (χ0) is 17.4. The van der Waals surface area contributed by atoms with Crippen molar-refractivity contribution in [1.29, 1.82) is 0 Å². The van der Waals surface area contributed by atoms with E-state index >= 15 is 0 Å². The molecular weight excluding hydrogens is 312 g/mol. The number of benzene rings is 2. The zero-order valence-electron chi connectivity index (χ0n) is 12.9. The first-order valence-electron chi connectivity index (χ1n) is 7.45. The predicted molar refractivity (Wildman–Crippen MR) is 85.9 cm³/mol. The Bertz CT molecular complexity index is 600. The number of aliphatic carboxylic acids is 2. The molecule has 0 fully saturated rings. The highest BCUT2D eigenvalue weighted by Gasteiger charge is 2.27. The summed E-state index contributed by atoms with van der Waals surface area (Å²) in [6.07, 6.45) is -0.779. The number of carboxylic acids is 2. The van der Waals surface area contributed by atoms with Gasteiger partial charge in [-0.2, -0.15) is 0 Å². The van der Waals surface area contributed by atoms with Gasteiger partial charge in [-0.15, -0.1) is 0 Å². The summed E-state index contributed by atoms with van der Waals surface area (Å²) in [5.74, 6) is -3.13. The van der Waals surface area contributed by atoms with E-state index in [2.05, 4.69) is 0 Å². The van der Waals surface area contributed by atoms with E-state index in [0.29, 0.717) is 11.5 Å². The summed E-state index contributed by atoms with van der Waals surface area (Å²) in [6.45, 7) is 0. The molecule has 6 nitrogen and oxygen atoms in total. The van der Waals surface area contributed by atoms with Crippen LogP contribution in [0, 0.1) is 5.92 Å². The van der Waals surface area contributed by atoms with Crippen molar-refractivity contribution >= 4 is 11.9 Å². The Kier molecular flexibility index (Phi) is 6.19. The van der Waals surface area contributed by atoms with E-state index in [9.17, 15) is 9.59 Å². The first-order valence-corrected chi connectivity index (χ1v) is 7.45. The van der Waals surface area contributed by atoms with Gasteiger partial charge in [0.15, 0.2) is 5.92 Å². The Morgan fingerprint density at radius 2 is 1.17 bits per heavy atom. The molecule has 126 valence electrons. The first kappa shape index (κ1) is 17.3. The third-order valence-corrected chi connectivity index (χ3v) is 3.31. The van der Waals surface area contributed by atoms with Crippen LogP contribution in [0.5, 0.6) is 11.5 Å². The van der Waals surface area contributed by atoms with Gasteiger partial charge in [0, 0.05) is 6.42 Å². The number of ether oxygens (including phenoxy) is 2. The van der Waals surface area contributed by atoms with E-state index in [-0.39, 0.29) is 12.8 Å². The summed E-state index contributed by atoms with van der Waals surface area (Å²) < 4.78 is 11.4. The minimum atomic E-state index is -1.49. The van der Waals surface area contributed by atoms with Gasteiger partial charge in [-0.25, -0.2) is 0 Å². The summed E-state index contributed by atoms with van der Waals surface area (Å²) >= 11 is 0. The molecule has 0 atom stereocenters. The van der Waals surface area contributed by atoms with E-state index in [1.54, 1.807) is 48.5 Å². The van der Waals surface area contributed by atoms with E-state index < -0.39 is 24.1 Å². The maximum Gasteiger partial charge on any atom is 0.317 e. The number of carboxylic acid groups (broad SMARTS) is 2. The van der Waals surface area contributed by atoms with Crippen LogP contribution in [0.15, 0.2) is 60.7 Å². The molecule has 6 heteroatoms. The summed E-state index contributed by atoms with van der Waals surface area (Å²) in [5.41, 5.74) is 0. The molecule has 0 heterocycles. The molecule has 2 aromatic carbocycles. The number of rotatable bonds is 9. The van der Waals surface area contributed by atoms with Gasteiger partial charge in [0.25, 0.3) is 0 Å². The molecule has 0 aliphatic heterocycles. The minimum Gasteiger partial charge on any atom is -0.481 e. The van der Waals surface area contributed by atoms with Crippen LogP contribution in [-0.2, 0) is 9.59 Å². The van der Waals surface area contributed by atoms with Gasteiger partial charge in [-0.3, -0.25) is 9.59 Å². The first-order chi connectivity index (χ1) is 11.6. The number of hydrogen-bond acceptors (Lipinski definition) is 4. The Labute approximate surface area is 139 Å². The SMILES string of the molecule is O=C(O)C(CCC(Oc1ccccc1)Oc1ccccc1)C(=O)O. The molecule has 0 radical (unpaired) electrons. The second-order valence-electron chi connectivity index (χ2n) is 5.10. The van der Waals surface area contributed by atoms with Crippen molar-refractivity contribution in [3.8, 4) is 11.5 Å². The van der Waals surface area contributed by atoms with Gasteiger partial charge < -0.3 is 19.7 Å². The summed E-state index contributed by atoms with van der Waals surface area (Å²) in [7, 11) is 0. The van der Waals surface area contributed by atoms with E-state index in [1.165, 1.54) is 0 Å². The standard InChI is InChI=1S/C18H18O6/c19-17(20)15(18(21)22)11-12-16(23-13-7-3-1-4-8-13)24-14-9-5-2-6-10-14/h1-10,15-16H,11-12H2,(H,19,20)(H,21,22). The average molecular weight is 330 g/mol. The van der Waals surface area contributed by atoms with Crippen LogP contribution in [0.1, 0.15) is 12.8 Å². The molecule has 0 bridgehead atoms. The van der Waals surface area contributed by atoms with E-state index in [1.807, 2.05) is 12.1 Å². The minimum absolute atomic E-state index is 0.102. The van der Waals surface area contributed by atoms with Crippen molar-refractivity contribution in [2.24, 2.45) is 5.92 Å². The van der Waals surface area contributed by atoms with Gasteiger partial charge in [-0.05, 0) is 30.7 Å². The maximum absolute atomic E-state index is 11.0. The lowest BCUT2D eigenvalue weighted by molar-refractivity contribution is -0.155. The lowest BCUT2D eigenvalue weighted by atomic mass is 10.0. The highest BCUT2D eigenvalue weighted by molar-refractivity contribution is 5.92. The van der Waals surface area contributed by atoms with Crippen molar-refractivity contribution < 1.29 is 29.3 Å². The molecule has 0 amide bonds. The molecule has 0 saturated carbocycles. The number of para-hydroxylation sites is 2. The summed E-state index contributed by atoms with van der Waals surface area (Å²) in [5, 5.41) is 17.9. The van der Waals surface area contributed by atoms with Gasteiger partial charge >= 0.3 is 11.9 Å². The number of carbonyl (C=O) groups is 2. The molecule has 2 rings (SSSR count). The highest BCUT2D eigenvalue weighted by atomic mass is 16.7. The monoisotopic (exact) mass is 330 g/mol. The molecular formula is C18H18O6. The molecule has 0 saturated heterocycles. The molecule has 0 aliphatic rings. The maximum atomic E-state index is 11.0. The molecule has 0 unspecified atom stereocenters. The van der Waals surface area contributed by atoms with Crippen molar-refractivity contribution in [3.05, 3.63) is 60.7 Å². The molecule has 2 N–H and O–H groups in total. The Morgan fingerprint density at radius 1 is 0.750 bits per heavy atom. The van der Waals surface area contributed by atoms with Crippen LogP contribution >= 0.6 is 0 Å². The smallest absolute Gasteiger partial charge is 0.317 e. The lowest BCUT2D eigenvalue weighted by Crippen LogP contribution is -2.29. The van der Waals surface area contributed by atoms with Crippen molar-refractivity contribution in [2.75, 3.05) is 0 Å². The fourth-order valence-corrected chi connectivity index (χ4v) is 2.10. The largest absolute Gasteiger partial charge is 0.481 e. The fraction of sp³-hybridized carbons (Fsp3) is 0.222. The summed E-state index contributed by atoms with van der Waals surface area (Å²) in [4.78, 5) is 22.0. The van der Waals surface area contributed by atoms with Crippen molar-refractivity contribution in [1.82, 2.24) is 0 Å². The average Bonchev–Trinajstić information content (AvgIpc) is 2.56. The highest BCUT2D eigenvalue weighted by Crippen LogP contribution is 2.20. The van der Waals surface area contributed by atoms with E-state index in [0.717, 1.165) is 0 Å². The fourth-order valence-electron chi connectivity index (χ4n) is 2.10. The Hall–Kier alpha value is -3.02. The number of hydrogen-bond donors (Lipinski definition) is 2. The molecule has 24 heavy (non-hydrogen) atoms. The third kappa shape index (κ3) is 5.31. The zero-order valence-corrected chi connectivity index (χ0v) is 12.9. The van der Waals surface area contributed by atoms with Crippen LogP contribution in [0.3, 0.4) is 0 Å². The van der Waals surface area contributed by atoms with Crippen molar-refractivity contribution in [3.63, 3.8) is 0 Å². The van der Waals surface area contributed by atoms with E-state index in [4.69, 9.17) is 19.7 Å². The second-order valence-corrected chi connectivity index (χ2v) is 5.10. The Balaban J connectivity index is 2.07. The van der Waals surface area contributed by atoms with Crippen LogP contribution in [0.2, 0.25) is 0 Å². The second kappa shape index (κ2) is 8.57. The van der Waals surface area contributed by atoms with Crippen LogP contribution in [0.25, 0.3) is 0 Å². The van der Waals surface area contributed by atoms with Crippen LogP contribution in [0.4, 0.5) is 0 Å². The topological polar surface area (TPSA) is 93.1 Å². The molecule has 0 spiro atoms. The Morgan fingerprint density at radius 3 is 1.54 bits per heavy atom. The van der Waals surface area contributed by atoms with Crippen LogP contribution in [-0.4, -0.2) is 28.4 Å². The van der Waals surface area contributed by atoms with Gasteiger partial charge in [0.05, 0.1) is 0 Å². The van der Waals surface area contributed by atoms with Crippen molar-refractivity contribution in [2.45, 2.75) is 19.1 Å². The van der Waals surface area contributed by atoms with Gasteiger partial charge in [0.2, 0.25) is 6.29 Å². The predicted octanol–water partition coefficient (Wildman–Crippen LogP) is 3.04. The third-order valence-electron chi connectivity index (χ3n) is 3.31. The molecule has 0 aromatic heterocycles.